The van der Waals surface area contributed by atoms with Crippen molar-refractivity contribution < 1.29 is 9.18 Å². The molecule has 0 spiro atoms. The molecule has 132 valence electrons. The summed E-state index contributed by atoms with van der Waals surface area (Å²) < 4.78 is 13.0. The van der Waals surface area contributed by atoms with E-state index in [9.17, 15) is 9.18 Å². The van der Waals surface area contributed by atoms with E-state index < -0.39 is 0 Å². The first-order chi connectivity index (χ1) is 11.6. The standard InChI is InChI=1S/C19H28FN3O/c1-15-3-2-10-23(13-15)19(24)21-18-8-11-22(12-9-18)14-16-4-6-17(20)7-5-16/h4-7,15,18H,2-3,8-14H2,1H3,(H,21,24)/t15-/m1/s1. The SMILES string of the molecule is C[C@@H]1CCCN(C(=O)NC2CCN(Cc3ccc(F)cc3)CC2)C1. The smallest absolute Gasteiger partial charge is 0.317 e. The summed E-state index contributed by atoms with van der Waals surface area (Å²) in [5, 5.41) is 3.21. The van der Waals surface area contributed by atoms with Gasteiger partial charge < -0.3 is 10.2 Å². The molecule has 0 unspecified atom stereocenters. The van der Waals surface area contributed by atoms with Crippen LogP contribution in [0.25, 0.3) is 0 Å². The van der Waals surface area contributed by atoms with Gasteiger partial charge in [-0.25, -0.2) is 9.18 Å². The lowest BCUT2D eigenvalue weighted by Gasteiger charge is -2.35. The number of piperidine rings is 2. The number of nitrogens with one attached hydrogen (secondary N) is 1. The molecule has 4 nitrogen and oxygen atoms in total. The van der Waals surface area contributed by atoms with Gasteiger partial charge in [0.1, 0.15) is 5.82 Å². The molecule has 1 N–H and O–H groups in total. The summed E-state index contributed by atoms with van der Waals surface area (Å²) >= 11 is 0. The molecule has 0 radical (unpaired) electrons. The van der Waals surface area contributed by atoms with E-state index in [0.717, 1.165) is 57.5 Å². The Kier molecular flexibility index (Phi) is 5.72. The average Bonchev–Trinajstić information content (AvgIpc) is 2.59. The number of carbonyl (C=O) groups is 1. The zero-order valence-corrected chi connectivity index (χ0v) is 14.5. The van der Waals surface area contributed by atoms with Crippen molar-refractivity contribution in [1.82, 2.24) is 15.1 Å². The van der Waals surface area contributed by atoms with Gasteiger partial charge in [-0.15, -0.1) is 0 Å². The molecule has 2 aliphatic heterocycles. The fourth-order valence-electron chi connectivity index (χ4n) is 3.72. The van der Waals surface area contributed by atoms with Crippen molar-refractivity contribution in [3.63, 3.8) is 0 Å². The van der Waals surface area contributed by atoms with Crippen molar-refractivity contribution in [1.29, 1.82) is 0 Å². The fourth-order valence-corrected chi connectivity index (χ4v) is 3.72. The Morgan fingerprint density at radius 1 is 1.17 bits per heavy atom. The molecule has 0 saturated carbocycles. The number of benzene rings is 1. The topological polar surface area (TPSA) is 35.6 Å². The first kappa shape index (κ1) is 17.2. The Bertz CT molecular complexity index is 540. The fraction of sp³-hybridized carbons (Fsp3) is 0.632. The van der Waals surface area contributed by atoms with E-state index in [-0.39, 0.29) is 17.9 Å². The average molecular weight is 333 g/mol. The largest absolute Gasteiger partial charge is 0.335 e. The number of rotatable bonds is 3. The van der Waals surface area contributed by atoms with E-state index in [2.05, 4.69) is 17.1 Å². The van der Waals surface area contributed by atoms with Crippen LogP contribution in [-0.2, 0) is 6.54 Å². The number of hydrogen-bond acceptors (Lipinski definition) is 2. The third kappa shape index (κ3) is 4.69. The molecule has 2 amide bonds. The summed E-state index contributed by atoms with van der Waals surface area (Å²) in [6.45, 7) is 6.78. The highest BCUT2D eigenvalue weighted by atomic mass is 19.1. The summed E-state index contributed by atoms with van der Waals surface area (Å²) in [6, 6.07) is 7.11. The van der Waals surface area contributed by atoms with Crippen LogP contribution in [0.5, 0.6) is 0 Å². The molecule has 1 atom stereocenters. The van der Waals surface area contributed by atoms with Gasteiger partial charge in [0.25, 0.3) is 0 Å². The number of halogens is 1. The number of likely N-dealkylation sites (tertiary alicyclic amines) is 2. The van der Waals surface area contributed by atoms with Gasteiger partial charge in [-0.3, -0.25) is 4.90 Å². The number of amides is 2. The van der Waals surface area contributed by atoms with E-state index in [4.69, 9.17) is 0 Å². The van der Waals surface area contributed by atoms with E-state index in [1.807, 2.05) is 17.0 Å². The van der Waals surface area contributed by atoms with Gasteiger partial charge >= 0.3 is 6.03 Å². The summed E-state index contributed by atoms with van der Waals surface area (Å²) in [6.07, 6.45) is 4.31. The van der Waals surface area contributed by atoms with Gasteiger partial charge in [0.2, 0.25) is 0 Å². The van der Waals surface area contributed by atoms with Crippen LogP contribution in [0.3, 0.4) is 0 Å². The second-order valence-corrected chi connectivity index (χ2v) is 7.32. The molecule has 2 aliphatic rings. The first-order valence-corrected chi connectivity index (χ1v) is 9.12. The van der Waals surface area contributed by atoms with Crippen LogP contribution in [0, 0.1) is 11.7 Å². The second kappa shape index (κ2) is 7.97. The lowest BCUT2D eigenvalue weighted by Crippen LogP contribution is -2.51. The summed E-state index contributed by atoms with van der Waals surface area (Å²) in [4.78, 5) is 16.7. The van der Waals surface area contributed by atoms with Crippen molar-refractivity contribution in [3.8, 4) is 0 Å². The maximum Gasteiger partial charge on any atom is 0.317 e. The summed E-state index contributed by atoms with van der Waals surface area (Å²) in [7, 11) is 0. The minimum atomic E-state index is -0.188. The molecule has 0 aliphatic carbocycles. The minimum Gasteiger partial charge on any atom is -0.335 e. The molecule has 1 aromatic rings. The molecule has 2 saturated heterocycles. The van der Waals surface area contributed by atoms with Crippen molar-refractivity contribution in [2.24, 2.45) is 5.92 Å². The molecular weight excluding hydrogens is 305 g/mol. The maximum atomic E-state index is 13.0. The third-order valence-corrected chi connectivity index (χ3v) is 5.18. The first-order valence-electron chi connectivity index (χ1n) is 9.12. The molecule has 5 heteroatoms. The van der Waals surface area contributed by atoms with E-state index in [1.54, 1.807) is 0 Å². The number of hydrogen-bond donors (Lipinski definition) is 1. The van der Waals surface area contributed by atoms with Gasteiger partial charge in [-0.05, 0) is 49.3 Å². The zero-order valence-electron chi connectivity index (χ0n) is 14.5. The predicted molar refractivity (Wildman–Crippen MR) is 93.2 cm³/mol. The second-order valence-electron chi connectivity index (χ2n) is 7.32. The Morgan fingerprint density at radius 2 is 1.88 bits per heavy atom. The highest BCUT2D eigenvalue weighted by molar-refractivity contribution is 5.74. The van der Waals surface area contributed by atoms with Crippen LogP contribution >= 0.6 is 0 Å². The summed E-state index contributed by atoms with van der Waals surface area (Å²) in [5.41, 5.74) is 1.14. The predicted octanol–water partition coefficient (Wildman–Crippen LogP) is 3.23. The molecule has 0 bridgehead atoms. The number of nitrogens with zero attached hydrogens (tertiary/aromatic N) is 2. The third-order valence-electron chi connectivity index (χ3n) is 5.18. The highest BCUT2D eigenvalue weighted by Gasteiger charge is 2.25. The molecule has 2 heterocycles. The summed E-state index contributed by atoms with van der Waals surface area (Å²) in [5.74, 6) is 0.425. The molecule has 3 rings (SSSR count). The monoisotopic (exact) mass is 333 g/mol. The van der Waals surface area contributed by atoms with Gasteiger partial charge in [0.05, 0.1) is 0 Å². The Hall–Kier alpha value is -1.62. The van der Waals surface area contributed by atoms with Crippen LogP contribution < -0.4 is 5.32 Å². The lowest BCUT2D eigenvalue weighted by atomic mass is 10.0. The maximum absolute atomic E-state index is 13.0. The molecular formula is C19H28FN3O. The molecule has 1 aromatic carbocycles. The highest BCUT2D eigenvalue weighted by Crippen LogP contribution is 2.17. The quantitative estimate of drug-likeness (QED) is 0.922. The van der Waals surface area contributed by atoms with Crippen molar-refractivity contribution in [2.45, 2.75) is 45.2 Å². The molecule has 24 heavy (non-hydrogen) atoms. The van der Waals surface area contributed by atoms with Crippen LogP contribution in [0.1, 0.15) is 38.2 Å². The van der Waals surface area contributed by atoms with Gasteiger partial charge in [0.15, 0.2) is 0 Å². The Labute approximate surface area is 144 Å². The van der Waals surface area contributed by atoms with Crippen LogP contribution in [0.15, 0.2) is 24.3 Å². The van der Waals surface area contributed by atoms with E-state index >= 15 is 0 Å². The van der Waals surface area contributed by atoms with E-state index in [1.165, 1.54) is 18.6 Å². The number of urea groups is 1. The van der Waals surface area contributed by atoms with Crippen LogP contribution in [-0.4, -0.2) is 48.1 Å². The Balaban J connectivity index is 1.41. The number of carbonyl (C=O) groups excluding carboxylic acids is 1. The Morgan fingerprint density at radius 3 is 2.54 bits per heavy atom. The van der Waals surface area contributed by atoms with Crippen LogP contribution in [0.4, 0.5) is 9.18 Å². The lowest BCUT2D eigenvalue weighted by molar-refractivity contribution is 0.152. The van der Waals surface area contributed by atoms with Crippen molar-refractivity contribution >= 4 is 6.03 Å². The molecule has 0 aromatic heterocycles. The zero-order chi connectivity index (χ0) is 16.9. The molecule has 2 fully saturated rings. The van der Waals surface area contributed by atoms with Crippen LogP contribution in [0.2, 0.25) is 0 Å². The van der Waals surface area contributed by atoms with Gasteiger partial charge in [-0.2, -0.15) is 0 Å². The van der Waals surface area contributed by atoms with Crippen molar-refractivity contribution in [2.75, 3.05) is 26.2 Å². The van der Waals surface area contributed by atoms with Gasteiger partial charge in [-0.1, -0.05) is 19.1 Å². The van der Waals surface area contributed by atoms with E-state index in [0.29, 0.717) is 5.92 Å². The normalized spacial score (nSPS) is 23.2. The van der Waals surface area contributed by atoms with Gasteiger partial charge in [0, 0.05) is 38.8 Å². The van der Waals surface area contributed by atoms with Crippen molar-refractivity contribution in [3.05, 3.63) is 35.6 Å². The minimum absolute atomic E-state index is 0.110.